The van der Waals surface area contributed by atoms with Crippen molar-refractivity contribution in [2.75, 3.05) is 11.9 Å². The molecule has 0 saturated carbocycles. The Bertz CT molecular complexity index is 1280. The number of halogens is 1. The van der Waals surface area contributed by atoms with Crippen molar-refractivity contribution in [1.82, 2.24) is 10.0 Å². The van der Waals surface area contributed by atoms with E-state index in [0.717, 1.165) is 10.0 Å². The highest BCUT2D eigenvalue weighted by atomic mass is 79.9. The van der Waals surface area contributed by atoms with Gasteiger partial charge in [0.05, 0.1) is 17.1 Å². The lowest BCUT2D eigenvalue weighted by Crippen LogP contribution is -2.34. The quantitative estimate of drug-likeness (QED) is 0.307. The molecule has 7 nitrogen and oxygen atoms in total. The zero-order chi connectivity index (χ0) is 25.4. The first-order valence-corrected chi connectivity index (χ1v) is 13.5. The fourth-order valence-corrected chi connectivity index (χ4v) is 4.56. The van der Waals surface area contributed by atoms with E-state index in [1.165, 1.54) is 12.1 Å². The lowest BCUT2D eigenvalue weighted by molar-refractivity contribution is 0.0973. The lowest BCUT2D eigenvalue weighted by atomic mass is 10.2. The van der Waals surface area contributed by atoms with Gasteiger partial charge in [-0.1, -0.05) is 60.1 Å². The van der Waals surface area contributed by atoms with E-state index >= 15 is 0 Å². The number of nitrogens with one attached hydrogen (secondary N) is 3. The number of ether oxygens (including phenoxy) is 1. The van der Waals surface area contributed by atoms with E-state index in [9.17, 15) is 13.2 Å². The van der Waals surface area contributed by atoms with Crippen LogP contribution in [0.1, 0.15) is 29.8 Å². The number of sulfonamides is 1. The molecule has 0 aliphatic heterocycles. The zero-order valence-corrected chi connectivity index (χ0v) is 22.5. The average molecular weight is 577 g/mol. The number of thiocarbonyl (C=S) groups is 1. The van der Waals surface area contributed by atoms with Crippen molar-refractivity contribution in [3.8, 4) is 5.75 Å². The molecule has 0 saturated heterocycles. The molecular formula is C25H26BrN3O4S2. The highest BCUT2D eigenvalue weighted by molar-refractivity contribution is 9.10. The number of amides is 1. The van der Waals surface area contributed by atoms with E-state index in [2.05, 4.69) is 31.3 Å². The fraction of sp³-hybridized carbons (Fsp3) is 0.200. The molecule has 0 unspecified atom stereocenters. The summed E-state index contributed by atoms with van der Waals surface area (Å²) in [5.74, 6) is 0.337. The molecule has 3 rings (SSSR count). The minimum Gasteiger partial charge on any atom is -0.492 e. The monoisotopic (exact) mass is 575 g/mol. The second kappa shape index (κ2) is 12.3. The van der Waals surface area contributed by atoms with Gasteiger partial charge in [0.2, 0.25) is 10.0 Å². The van der Waals surface area contributed by atoms with E-state index < -0.39 is 15.9 Å². The summed E-state index contributed by atoms with van der Waals surface area (Å²) in [7, 11) is -3.68. The van der Waals surface area contributed by atoms with Gasteiger partial charge in [0, 0.05) is 16.7 Å². The van der Waals surface area contributed by atoms with E-state index in [1.54, 1.807) is 30.3 Å². The SMILES string of the molecule is CC(C)COc1ccc(Br)cc1C(=O)NC(=S)Nc1ccc(S(=O)(=O)NCc2ccccc2)cc1. The van der Waals surface area contributed by atoms with Gasteiger partial charge in [-0.15, -0.1) is 0 Å². The largest absolute Gasteiger partial charge is 0.492 e. The number of carbonyl (C=O) groups excluding carboxylic acids is 1. The van der Waals surface area contributed by atoms with E-state index in [4.69, 9.17) is 17.0 Å². The Morgan fingerprint density at radius 1 is 1.03 bits per heavy atom. The van der Waals surface area contributed by atoms with Crippen LogP contribution in [0.25, 0.3) is 0 Å². The van der Waals surface area contributed by atoms with Gasteiger partial charge in [0.25, 0.3) is 5.91 Å². The predicted molar refractivity (Wildman–Crippen MR) is 145 cm³/mol. The Morgan fingerprint density at radius 2 is 1.71 bits per heavy atom. The first-order chi connectivity index (χ1) is 16.6. The third-order valence-corrected chi connectivity index (χ3v) is 6.83. The molecule has 0 aliphatic rings. The molecule has 0 spiro atoms. The lowest BCUT2D eigenvalue weighted by Gasteiger charge is -2.15. The summed E-state index contributed by atoms with van der Waals surface area (Å²) in [5, 5.41) is 5.60. The van der Waals surface area contributed by atoms with Crippen molar-refractivity contribution >= 4 is 54.9 Å². The Labute approximate surface area is 219 Å². The Morgan fingerprint density at radius 3 is 2.37 bits per heavy atom. The van der Waals surface area contributed by atoms with E-state index in [1.807, 2.05) is 44.2 Å². The summed E-state index contributed by atoms with van der Waals surface area (Å²) in [6, 6.07) is 20.5. The normalized spacial score (nSPS) is 11.2. The number of carbonyl (C=O) groups is 1. The molecule has 3 aromatic rings. The van der Waals surface area contributed by atoms with Crippen LogP contribution < -0.4 is 20.1 Å². The molecule has 0 aliphatic carbocycles. The van der Waals surface area contributed by atoms with Gasteiger partial charge in [-0.3, -0.25) is 10.1 Å². The third kappa shape index (κ3) is 8.14. The number of hydrogen-bond donors (Lipinski definition) is 3. The second-order valence-corrected chi connectivity index (χ2v) is 11.2. The summed E-state index contributed by atoms with van der Waals surface area (Å²) >= 11 is 8.64. The van der Waals surface area contributed by atoms with Crippen molar-refractivity contribution in [2.24, 2.45) is 5.92 Å². The van der Waals surface area contributed by atoms with E-state index in [-0.39, 0.29) is 16.6 Å². The molecule has 1 amide bonds. The maximum absolute atomic E-state index is 12.8. The van der Waals surface area contributed by atoms with Gasteiger partial charge in [-0.2, -0.15) is 0 Å². The minimum atomic E-state index is -3.68. The number of benzene rings is 3. The Balaban J connectivity index is 1.61. The zero-order valence-electron chi connectivity index (χ0n) is 19.2. The predicted octanol–water partition coefficient (Wildman–Crippen LogP) is 5.09. The van der Waals surface area contributed by atoms with E-state index in [0.29, 0.717) is 29.5 Å². The van der Waals surface area contributed by atoms with Crippen molar-refractivity contribution in [1.29, 1.82) is 0 Å². The van der Waals surface area contributed by atoms with Gasteiger partial charge >= 0.3 is 0 Å². The molecule has 35 heavy (non-hydrogen) atoms. The van der Waals surface area contributed by atoms with Crippen LogP contribution in [0.2, 0.25) is 0 Å². The van der Waals surface area contributed by atoms with Gasteiger partial charge in [-0.25, -0.2) is 13.1 Å². The summed E-state index contributed by atoms with van der Waals surface area (Å²) in [6.45, 7) is 4.71. The minimum absolute atomic E-state index is 0.0718. The number of anilines is 1. The maximum atomic E-state index is 12.8. The van der Waals surface area contributed by atoms with Crippen LogP contribution in [0.3, 0.4) is 0 Å². The second-order valence-electron chi connectivity index (χ2n) is 8.09. The molecule has 3 aromatic carbocycles. The maximum Gasteiger partial charge on any atom is 0.261 e. The molecule has 3 N–H and O–H groups in total. The Hall–Kier alpha value is -2.79. The summed E-state index contributed by atoms with van der Waals surface area (Å²) in [5.41, 5.74) is 1.73. The van der Waals surface area contributed by atoms with Crippen molar-refractivity contribution in [2.45, 2.75) is 25.3 Å². The van der Waals surface area contributed by atoms with Gasteiger partial charge in [0.15, 0.2) is 5.11 Å². The van der Waals surface area contributed by atoms with Crippen molar-refractivity contribution < 1.29 is 17.9 Å². The molecule has 10 heteroatoms. The van der Waals surface area contributed by atoms with Crippen molar-refractivity contribution in [3.05, 3.63) is 88.4 Å². The highest BCUT2D eigenvalue weighted by Gasteiger charge is 2.16. The summed E-state index contributed by atoms with van der Waals surface area (Å²) in [6.07, 6.45) is 0. The van der Waals surface area contributed by atoms with Crippen LogP contribution in [0.15, 0.2) is 82.2 Å². The van der Waals surface area contributed by atoms with Gasteiger partial charge in [0.1, 0.15) is 5.75 Å². The van der Waals surface area contributed by atoms with Crippen molar-refractivity contribution in [3.63, 3.8) is 0 Å². The molecule has 0 heterocycles. The molecule has 0 bridgehead atoms. The topological polar surface area (TPSA) is 96.5 Å². The summed E-state index contributed by atoms with van der Waals surface area (Å²) < 4.78 is 34.2. The standard InChI is InChI=1S/C25H26BrN3O4S2/c1-17(2)16-33-23-13-8-19(26)14-22(23)24(30)29-25(34)28-20-9-11-21(12-10-20)35(31,32)27-15-18-6-4-3-5-7-18/h3-14,17,27H,15-16H2,1-2H3,(H2,28,29,30,34). The fourth-order valence-electron chi connectivity index (χ4n) is 2.97. The first kappa shape index (κ1) is 26.8. The van der Waals surface area contributed by atoms with Crippen LogP contribution in [0, 0.1) is 5.92 Å². The molecule has 0 radical (unpaired) electrons. The molecule has 184 valence electrons. The third-order valence-electron chi connectivity index (χ3n) is 4.72. The first-order valence-electron chi connectivity index (χ1n) is 10.8. The molecule has 0 aromatic heterocycles. The summed E-state index contributed by atoms with van der Waals surface area (Å²) in [4.78, 5) is 12.9. The van der Waals surface area contributed by atoms with Gasteiger partial charge < -0.3 is 10.1 Å². The Kier molecular flexibility index (Phi) is 9.39. The average Bonchev–Trinajstić information content (AvgIpc) is 2.83. The van der Waals surface area contributed by atoms with Crippen LogP contribution in [-0.2, 0) is 16.6 Å². The van der Waals surface area contributed by atoms with Crippen LogP contribution in [-0.4, -0.2) is 26.0 Å². The van der Waals surface area contributed by atoms with Gasteiger partial charge in [-0.05, 0) is 66.2 Å². The van der Waals surface area contributed by atoms with Crippen LogP contribution >= 0.6 is 28.1 Å². The van der Waals surface area contributed by atoms with Crippen LogP contribution in [0.4, 0.5) is 5.69 Å². The smallest absolute Gasteiger partial charge is 0.261 e. The number of rotatable bonds is 9. The van der Waals surface area contributed by atoms with Crippen LogP contribution in [0.5, 0.6) is 5.75 Å². The molecule has 0 atom stereocenters. The molecule has 0 fully saturated rings. The molecular weight excluding hydrogens is 550 g/mol. The highest BCUT2D eigenvalue weighted by Crippen LogP contribution is 2.24. The number of hydrogen-bond acceptors (Lipinski definition) is 5.